The van der Waals surface area contributed by atoms with Gasteiger partial charge in [0.1, 0.15) is 24.7 Å². The van der Waals surface area contributed by atoms with Gasteiger partial charge in [0, 0.05) is 21.7 Å². The Hall–Kier alpha value is -3.90. The first kappa shape index (κ1) is 23.3. The quantitative estimate of drug-likeness (QED) is 0.208. The zero-order chi connectivity index (χ0) is 23.6. The van der Waals surface area contributed by atoms with Crippen molar-refractivity contribution in [2.75, 3.05) is 0 Å². The van der Waals surface area contributed by atoms with E-state index in [-0.39, 0.29) is 5.91 Å². The van der Waals surface area contributed by atoms with E-state index in [2.05, 4.69) is 26.5 Å². The van der Waals surface area contributed by atoms with Crippen LogP contribution in [-0.2, 0) is 13.2 Å². The molecule has 0 radical (unpaired) electrons. The van der Waals surface area contributed by atoms with E-state index in [9.17, 15) is 4.79 Å². The molecule has 0 aromatic heterocycles. The van der Waals surface area contributed by atoms with Crippen molar-refractivity contribution < 1.29 is 14.3 Å². The summed E-state index contributed by atoms with van der Waals surface area (Å²) in [6.07, 6.45) is 1.57. The fourth-order valence-corrected chi connectivity index (χ4v) is 3.40. The first-order valence-corrected chi connectivity index (χ1v) is 11.5. The summed E-state index contributed by atoms with van der Waals surface area (Å²) in [7, 11) is 0. The van der Waals surface area contributed by atoms with Crippen LogP contribution in [0.2, 0.25) is 0 Å². The molecule has 5 nitrogen and oxygen atoms in total. The fraction of sp³-hybridized carbons (Fsp3) is 0.0714. The van der Waals surface area contributed by atoms with Gasteiger partial charge in [-0.1, -0.05) is 76.6 Å². The summed E-state index contributed by atoms with van der Waals surface area (Å²) in [4.78, 5) is 12.3. The van der Waals surface area contributed by atoms with Crippen molar-refractivity contribution in [3.8, 4) is 11.5 Å². The molecule has 0 spiro atoms. The number of halogens is 1. The van der Waals surface area contributed by atoms with Crippen LogP contribution in [-0.4, -0.2) is 12.1 Å². The molecule has 0 fully saturated rings. The summed E-state index contributed by atoms with van der Waals surface area (Å²) in [6.45, 7) is 0.852. The number of benzene rings is 4. The molecule has 0 atom stereocenters. The molecule has 0 saturated carbocycles. The monoisotopic (exact) mass is 514 g/mol. The molecule has 4 rings (SSSR count). The Bertz CT molecular complexity index is 1240. The number of carbonyl (C=O) groups is 1. The highest BCUT2D eigenvalue weighted by atomic mass is 79.9. The van der Waals surface area contributed by atoms with Gasteiger partial charge < -0.3 is 9.47 Å². The van der Waals surface area contributed by atoms with Gasteiger partial charge in [-0.25, -0.2) is 5.43 Å². The summed E-state index contributed by atoms with van der Waals surface area (Å²) >= 11 is 3.36. The predicted octanol–water partition coefficient (Wildman–Crippen LogP) is 6.37. The lowest BCUT2D eigenvalue weighted by Crippen LogP contribution is -2.17. The number of hydrazone groups is 1. The highest BCUT2D eigenvalue weighted by Gasteiger charge is 2.08. The third kappa shape index (κ3) is 6.80. The summed E-state index contributed by atoms with van der Waals surface area (Å²) in [6, 6.07) is 32.5. The second-order valence-corrected chi connectivity index (χ2v) is 8.37. The van der Waals surface area contributed by atoms with Crippen molar-refractivity contribution in [1.82, 2.24) is 5.43 Å². The lowest BCUT2D eigenvalue weighted by molar-refractivity contribution is 0.0955. The standard InChI is InChI=1S/C28H23BrN2O3/c29-25-14-11-23(12-15-25)28(32)31-30-18-24-13-16-26(33-19-21-7-3-1-4-8-21)17-27(24)34-20-22-9-5-2-6-10-22/h1-18H,19-20H2,(H,31,32)/b30-18+. The van der Waals surface area contributed by atoms with Gasteiger partial charge in [-0.2, -0.15) is 5.10 Å². The maximum absolute atomic E-state index is 12.3. The minimum Gasteiger partial charge on any atom is -0.489 e. The second kappa shape index (κ2) is 11.8. The Balaban J connectivity index is 1.47. The Morgan fingerprint density at radius 2 is 1.41 bits per heavy atom. The zero-order valence-corrected chi connectivity index (χ0v) is 19.9. The smallest absolute Gasteiger partial charge is 0.271 e. The minimum atomic E-state index is -0.293. The molecule has 34 heavy (non-hydrogen) atoms. The fourth-order valence-electron chi connectivity index (χ4n) is 3.14. The molecule has 170 valence electrons. The summed E-state index contributed by atoms with van der Waals surface area (Å²) < 4.78 is 12.9. The van der Waals surface area contributed by atoms with Crippen LogP contribution in [0.15, 0.2) is 113 Å². The average molecular weight is 515 g/mol. The number of carbonyl (C=O) groups excluding carboxylic acids is 1. The van der Waals surface area contributed by atoms with Crippen molar-refractivity contribution in [2.45, 2.75) is 13.2 Å². The number of amides is 1. The van der Waals surface area contributed by atoms with Gasteiger partial charge in [-0.05, 0) is 47.5 Å². The van der Waals surface area contributed by atoms with Gasteiger partial charge >= 0.3 is 0 Å². The van der Waals surface area contributed by atoms with Crippen molar-refractivity contribution in [3.63, 3.8) is 0 Å². The van der Waals surface area contributed by atoms with Gasteiger partial charge in [0.2, 0.25) is 0 Å². The van der Waals surface area contributed by atoms with Crippen molar-refractivity contribution in [2.24, 2.45) is 5.10 Å². The number of nitrogens with one attached hydrogen (secondary N) is 1. The summed E-state index contributed by atoms with van der Waals surface area (Å²) in [5.74, 6) is 0.998. The van der Waals surface area contributed by atoms with E-state index in [0.29, 0.717) is 30.3 Å². The van der Waals surface area contributed by atoms with E-state index in [1.807, 2.05) is 91.0 Å². The van der Waals surface area contributed by atoms with Crippen molar-refractivity contribution in [1.29, 1.82) is 0 Å². The van der Waals surface area contributed by atoms with Crippen LogP contribution in [0, 0.1) is 0 Å². The van der Waals surface area contributed by atoms with E-state index in [0.717, 1.165) is 21.2 Å². The number of hydrogen-bond acceptors (Lipinski definition) is 4. The van der Waals surface area contributed by atoms with Crippen molar-refractivity contribution >= 4 is 28.1 Å². The highest BCUT2D eigenvalue weighted by molar-refractivity contribution is 9.10. The Labute approximate surface area is 207 Å². The molecule has 0 aliphatic carbocycles. The molecule has 4 aromatic rings. The van der Waals surface area contributed by atoms with Crippen LogP contribution in [0.3, 0.4) is 0 Å². The third-order valence-electron chi connectivity index (χ3n) is 4.95. The maximum atomic E-state index is 12.3. The van der Waals surface area contributed by atoms with Crippen LogP contribution in [0.4, 0.5) is 0 Å². The van der Waals surface area contributed by atoms with E-state index in [1.54, 1.807) is 18.3 Å². The summed E-state index contributed by atoms with van der Waals surface area (Å²) in [5, 5.41) is 4.12. The van der Waals surface area contributed by atoms with Crippen molar-refractivity contribution in [3.05, 3.63) is 130 Å². The van der Waals surface area contributed by atoms with E-state index >= 15 is 0 Å². The van der Waals surface area contributed by atoms with Crippen LogP contribution in [0.25, 0.3) is 0 Å². The SMILES string of the molecule is O=C(N/N=C/c1ccc(OCc2ccccc2)cc1OCc1ccccc1)c1ccc(Br)cc1. The van der Waals surface area contributed by atoms with E-state index < -0.39 is 0 Å². The van der Waals surface area contributed by atoms with Gasteiger partial charge in [-0.3, -0.25) is 4.79 Å². The minimum absolute atomic E-state index is 0.293. The molecule has 0 aliphatic rings. The number of nitrogens with zero attached hydrogens (tertiary/aromatic N) is 1. The van der Waals surface area contributed by atoms with E-state index in [4.69, 9.17) is 9.47 Å². The molecule has 0 unspecified atom stereocenters. The maximum Gasteiger partial charge on any atom is 0.271 e. The zero-order valence-electron chi connectivity index (χ0n) is 18.4. The normalized spacial score (nSPS) is 10.7. The molecule has 0 heterocycles. The van der Waals surface area contributed by atoms with Crippen LogP contribution >= 0.6 is 15.9 Å². The molecule has 0 saturated heterocycles. The lowest BCUT2D eigenvalue weighted by atomic mass is 10.2. The first-order chi connectivity index (χ1) is 16.7. The molecular formula is C28H23BrN2O3. The van der Waals surface area contributed by atoms with Gasteiger partial charge in [-0.15, -0.1) is 0 Å². The number of rotatable bonds is 9. The summed E-state index contributed by atoms with van der Waals surface area (Å²) in [5.41, 5.74) is 5.92. The first-order valence-electron chi connectivity index (χ1n) is 10.7. The second-order valence-electron chi connectivity index (χ2n) is 7.45. The average Bonchev–Trinajstić information content (AvgIpc) is 2.88. The Morgan fingerprint density at radius 1 is 0.794 bits per heavy atom. The third-order valence-corrected chi connectivity index (χ3v) is 5.48. The largest absolute Gasteiger partial charge is 0.489 e. The van der Waals surface area contributed by atoms with Gasteiger partial charge in [0.05, 0.1) is 6.21 Å². The molecule has 0 bridgehead atoms. The molecule has 0 aliphatic heterocycles. The molecule has 4 aromatic carbocycles. The van der Waals surface area contributed by atoms with Crippen LogP contribution in [0.1, 0.15) is 27.0 Å². The molecule has 1 N–H and O–H groups in total. The highest BCUT2D eigenvalue weighted by Crippen LogP contribution is 2.25. The Kier molecular flexibility index (Phi) is 8.08. The van der Waals surface area contributed by atoms with Gasteiger partial charge in [0.25, 0.3) is 5.91 Å². The Morgan fingerprint density at radius 3 is 2.06 bits per heavy atom. The van der Waals surface area contributed by atoms with Crippen LogP contribution < -0.4 is 14.9 Å². The number of ether oxygens (including phenoxy) is 2. The lowest BCUT2D eigenvalue weighted by Gasteiger charge is -2.12. The molecular weight excluding hydrogens is 492 g/mol. The van der Waals surface area contributed by atoms with Crippen LogP contribution in [0.5, 0.6) is 11.5 Å². The molecule has 1 amide bonds. The molecule has 6 heteroatoms. The van der Waals surface area contributed by atoms with E-state index in [1.165, 1.54) is 0 Å². The topological polar surface area (TPSA) is 59.9 Å². The van der Waals surface area contributed by atoms with Gasteiger partial charge in [0.15, 0.2) is 0 Å². The number of hydrogen-bond donors (Lipinski definition) is 1. The predicted molar refractivity (Wildman–Crippen MR) is 137 cm³/mol.